The molecule has 3 aromatic carbocycles. The zero-order valence-corrected chi connectivity index (χ0v) is 9.87. The fraction of sp³-hybridized carbons (Fsp3) is 0. The SMILES string of the molecule is [Ru].c1ccc2c(c1)ccc1ccccc12. The Bertz CT molecular complexity index is 544. The number of fused-ring (bicyclic) bond motifs is 3. The molecule has 0 unspecified atom stereocenters. The summed E-state index contributed by atoms with van der Waals surface area (Å²) in [6.07, 6.45) is 0. The summed E-state index contributed by atoms with van der Waals surface area (Å²) in [5.74, 6) is 0. The van der Waals surface area contributed by atoms with E-state index in [9.17, 15) is 0 Å². The Kier molecular flexibility index (Phi) is 2.84. The third-order valence-corrected chi connectivity index (χ3v) is 2.65. The minimum absolute atomic E-state index is 0. The standard InChI is InChI=1S/C14H10.Ru/c1-3-7-13-11(5-1)9-10-12-6-2-4-8-14(12)13;/h1-10H;. The molecule has 0 radical (unpaired) electrons. The Balaban J connectivity index is 0.000000853. The minimum Gasteiger partial charge on any atom is -0.0616 e. The van der Waals surface area contributed by atoms with Gasteiger partial charge in [-0.3, -0.25) is 0 Å². The van der Waals surface area contributed by atoms with E-state index >= 15 is 0 Å². The van der Waals surface area contributed by atoms with E-state index in [0.29, 0.717) is 0 Å². The van der Waals surface area contributed by atoms with Gasteiger partial charge in [-0.25, -0.2) is 0 Å². The molecular formula is C14H10Ru. The normalized spacial score (nSPS) is 10.1. The zero-order valence-electron chi connectivity index (χ0n) is 8.13. The second-order valence-electron chi connectivity index (χ2n) is 3.51. The Morgan fingerprint density at radius 2 is 0.867 bits per heavy atom. The van der Waals surface area contributed by atoms with Crippen molar-refractivity contribution in [2.24, 2.45) is 0 Å². The van der Waals surface area contributed by atoms with Gasteiger partial charge in [-0.2, -0.15) is 0 Å². The molecule has 3 rings (SSSR count). The van der Waals surface area contributed by atoms with E-state index in [1.54, 1.807) is 0 Å². The molecule has 0 aliphatic rings. The topological polar surface area (TPSA) is 0 Å². The molecule has 0 saturated carbocycles. The van der Waals surface area contributed by atoms with Crippen molar-refractivity contribution in [3.05, 3.63) is 60.7 Å². The van der Waals surface area contributed by atoms with Gasteiger partial charge in [0.05, 0.1) is 0 Å². The first kappa shape index (κ1) is 10.3. The van der Waals surface area contributed by atoms with Crippen molar-refractivity contribution in [3.63, 3.8) is 0 Å². The van der Waals surface area contributed by atoms with Crippen LogP contribution in [0.4, 0.5) is 0 Å². The van der Waals surface area contributed by atoms with Gasteiger partial charge in [-0.15, -0.1) is 0 Å². The van der Waals surface area contributed by atoms with Gasteiger partial charge < -0.3 is 0 Å². The summed E-state index contributed by atoms with van der Waals surface area (Å²) >= 11 is 0. The van der Waals surface area contributed by atoms with Crippen LogP contribution in [-0.2, 0) is 19.5 Å². The first-order valence-electron chi connectivity index (χ1n) is 4.82. The van der Waals surface area contributed by atoms with Crippen LogP contribution in [-0.4, -0.2) is 0 Å². The van der Waals surface area contributed by atoms with E-state index in [4.69, 9.17) is 0 Å². The molecule has 0 aromatic heterocycles. The smallest absolute Gasteiger partial charge is 0 e. The Hall–Kier alpha value is -1.20. The maximum atomic E-state index is 2.18. The second kappa shape index (κ2) is 4.12. The average molecular weight is 279 g/mol. The molecule has 74 valence electrons. The van der Waals surface area contributed by atoms with Gasteiger partial charge in [0.25, 0.3) is 0 Å². The van der Waals surface area contributed by atoms with Crippen LogP contribution in [0.3, 0.4) is 0 Å². The third kappa shape index (κ3) is 1.68. The number of hydrogen-bond acceptors (Lipinski definition) is 0. The van der Waals surface area contributed by atoms with Crippen molar-refractivity contribution in [2.75, 3.05) is 0 Å². The Morgan fingerprint density at radius 1 is 0.467 bits per heavy atom. The summed E-state index contributed by atoms with van der Waals surface area (Å²) in [4.78, 5) is 0. The van der Waals surface area contributed by atoms with E-state index < -0.39 is 0 Å². The molecule has 0 aliphatic carbocycles. The summed E-state index contributed by atoms with van der Waals surface area (Å²) in [5.41, 5.74) is 0. The van der Waals surface area contributed by atoms with Gasteiger partial charge in [-0.05, 0) is 21.5 Å². The van der Waals surface area contributed by atoms with Gasteiger partial charge >= 0.3 is 0 Å². The first-order chi connectivity index (χ1) is 6.95. The molecule has 0 N–H and O–H groups in total. The molecular weight excluding hydrogens is 269 g/mol. The van der Waals surface area contributed by atoms with E-state index in [-0.39, 0.29) is 19.5 Å². The molecule has 15 heavy (non-hydrogen) atoms. The third-order valence-electron chi connectivity index (χ3n) is 2.65. The summed E-state index contributed by atoms with van der Waals surface area (Å²) in [6, 6.07) is 21.4. The first-order valence-corrected chi connectivity index (χ1v) is 4.82. The molecule has 3 aromatic rings. The summed E-state index contributed by atoms with van der Waals surface area (Å²) < 4.78 is 0. The van der Waals surface area contributed by atoms with Crippen molar-refractivity contribution in [2.45, 2.75) is 0 Å². The van der Waals surface area contributed by atoms with Gasteiger partial charge in [-0.1, -0.05) is 60.7 Å². The fourth-order valence-electron chi connectivity index (χ4n) is 1.95. The van der Waals surface area contributed by atoms with Crippen LogP contribution in [0.2, 0.25) is 0 Å². The molecule has 0 spiro atoms. The molecule has 0 saturated heterocycles. The molecule has 0 amide bonds. The maximum absolute atomic E-state index is 2.18. The zero-order chi connectivity index (χ0) is 9.38. The molecule has 0 fully saturated rings. The molecule has 0 nitrogen and oxygen atoms in total. The average Bonchev–Trinajstić information content (AvgIpc) is 2.29. The minimum atomic E-state index is 0. The number of rotatable bonds is 0. The van der Waals surface area contributed by atoms with Crippen LogP contribution in [0.15, 0.2) is 60.7 Å². The Labute approximate surface area is 102 Å². The van der Waals surface area contributed by atoms with E-state index in [2.05, 4.69) is 60.7 Å². The number of benzene rings is 3. The maximum Gasteiger partial charge on any atom is 0 e. The van der Waals surface area contributed by atoms with Crippen LogP contribution in [0.25, 0.3) is 21.5 Å². The van der Waals surface area contributed by atoms with Crippen LogP contribution in [0.5, 0.6) is 0 Å². The molecule has 0 aliphatic heterocycles. The Morgan fingerprint density at radius 3 is 1.33 bits per heavy atom. The van der Waals surface area contributed by atoms with Crippen molar-refractivity contribution < 1.29 is 19.5 Å². The van der Waals surface area contributed by atoms with Crippen molar-refractivity contribution in [3.8, 4) is 0 Å². The largest absolute Gasteiger partial charge is 0.0616 e. The fourth-order valence-corrected chi connectivity index (χ4v) is 1.95. The van der Waals surface area contributed by atoms with Crippen LogP contribution in [0.1, 0.15) is 0 Å². The summed E-state index contributed by atoms with van der Waals surface area (Å²) in [6.45, 7) is 0. The van der Waals surface area contributed by atoms with Crippen LogP contribution in [0, 0.1) is 0 Å². The van der Waals surface area contributed by atoms with Crippen molar-refractivity contribution >= 4 is 21.5 Å². The predicted molar refractivity (Wildman–Crippen MR) is 61.5 cm³/mol. The van der Waals surface area contributed by atoms with Crippen LogP contribution >= 0.6 is 0 Å². The summed E-state index contributed by atoms with van der Waals surface area (Å²) in [5, 5.41) is 5.30. The second-order valence-corrected chi connectivity index (χ2v) is 3.51. The molecule has 0 heterocycles. The van der Waals surface area contributed by atoms with Crippen LogP contribution < -0.4 is 0 Å². The summed E-state index contributed by atoms with van der Waals surface area (Å²) in [7, 11) is 0. The van der Waals surface area contributed by atoms with Gasteiger partial charge in [0, 0.05) is 19.5 Å². The van der Waals surface area contributed by atoms with Gasteiger partial charge in [0.1, 0.15) is 0 Å². The van der Waals surface area contributed by atoms with Gasteiger partial charge in [0.15, 0.2) is 0 Å². The number of hydrogen-bond donors (Lipinski definition) is 0. The van der Waals surface area contributed by atoms with Gasteiger partial charge in [0.2, 0.25) is 0 Å². The monoisotopic (exact) mass is 280 g/mol. The predicted octanol–water partition coefficient (Wildman–Crippen LogP) is 3.99. The van der Waals surface area contributed by atoms with Crippen molar-refractivity contribution in [1.29, 1.82) is 0 Å². The van der Waals surface area contributed by atoms with E-state index in [1.807, 2.05) is 0 Å². The van der Waals surface area contributed by atoms with E-state index in [0.717, 1.165) is 0 Å². The molecule has 0 atom stereocenters. The molecule has 1 heteroatoms. The quantitative estimate of drug-likeness (QED) is 0.431. The van der Waals surface area contributed by atoms with E-state index in [1.165, 1.54) is 21.5 Å². The molecule has 0 bridgehead atoms. The van der Waals surface area contributed by atoms with Crippen molar-refractivity contribution in [1.82, 2.24) is 0 Å².